The number of nitrogens with two attached hydrogens (primary N) is 1. The normalized spacial score (nSPS) is 14.5. The van der Waals surface area contributed by atoms with Crippen molar-refractivity contribution in [3.05, 3.63) is 58.7 Å². The van der Waals surface area contributed by atoms with E-state index in [2.05, 4.69) is 47.8 Å². The van der Waals surface area contributed by atoms with E-state index in [1.807, 2.05) is 0 Å². The number of aryl methyl sites for hydroxylation is 1. The number of allylic oxidation sites excluding steroid dienone is 3. The molecule has 0 bridgehead atoms. The van der Waals surface area contributed by atoms with Crippen LogP contribution in [-0.2, 0) is 17.6 Å². The Balaban J connectivity index is 1.60. The molecule has 128 valence electrons. The van der Waals surface area contributed by atoms with Gasteiger partial charge in [-0.15, -0.1) is 0 Å². The Kier molecular flexibility index (Phi) is 4.41. The number of carbonyl (C=O) groups is 1. The molecule has 2 aromatic rings. The Morgan fingerprint density at radius 3 is 2.92 bits per heavy atom. The molecular weight excluding hydrogens is 308 g/mol. The number of nitrogens with one attached hydrogen (secondary N) is 1. The molecular formula is C22H24N2O. The second-order valence-corrected chi connectivity index (χ2v) is 6.86. The molecule has 25 heavy (non-hydrogen) atoms. The Morgan fingerprint density at radius 1 is 1.16 bits per heavy atom. The number of rotatable bonds is 6. The second-order valence-electron chi connectivity index (χ2n) is 6.86. The lowest BCUT2D eigenvalue weighted by Gasteiger charge is -2.25. The largest absolute Gasteiger partial charge is 0.355 e. The van der Waals surface area contributed by atoms with E-state index in [0.29, 0.717) is 19.5 Å². The highest BCUT2D eigenvalue weighted by Gasteiger charge is 2.21. The molecule has 0 aliphatic heterocycles. The fraction of sp³-hybridized carbons (Fsp3) is 0.318. The molecule has 0 atom stereocenters. The van der Waals surface area contributed by atoms with Crippen molar-refractivity contribution in [2.75, 3.05) is 13.1 Å². The van der Waals surface area contributed by atoms with Crippen molar-refractivity contribution in [3.63, 3.8) is 0 Å². The third-order valence-corrected chi connectivity index (χ3v) is 5.25. The third-order valence-electron chi connectivity index (χ3n) is 5.25. The van der Waals surface area contributed by atoms with Crippen molar-refractivity contribution in [1.82, 2.24) is 5.32 Å². The van der Waals surface area contributed by atoms with Gasteiger partial charge in [-0.05, 0) is 64.3 Å². The first-order valence-corrected chi connectivity index (χ1v) is 9.18. The Labute approximate surface area is 148 Å². The monoisotopic (exact) mass is 332 g/mol. The van der Waals surface area contributed by atoms with Gasteiger partial charge in [0, 0.05) is 19.5 Å². The van der Waals surface area contributed by atoms with Crippen LogP contribution in [0, 0.1) is 0 Å². The van der Waals surface area contributed by atoms with E-state index in [4.69, 9.17) is 5.73 Å². The minimum Gasteiger partial charge on any atom is -0.355 e. The van der Waals surface area contributed by atoms with Gasteiger partial charge in [0.2, 0.25) is 5.91 Å². The van der Waals surface area contributed by atoms with Crippen molar-refractivity contribution < 1.29 is 4.79 Å². The van der Waals surface area contributed by atoms with Gasteiger partial charge >= 0.3 is 0 Å². The van der Waals surface area contributed by atoms with Crippen molar-refractivity contribution in [3.8, 4) is 0 Å². The summed E-state index contributed by atoms with van der Waals surface area (Å²) in [5.41, 5.74) is 12.5. The van der Waals surface area contributed by atoms with Crippen molar-refractivity contribution >= 4 is 28.3 Å². The molecule has 0 aromatic heterocycles. The SMILES string of the molecule is NCCNC(=O)CCCc1ccc2ccc3c4c2c1CC=C4CC=C3. The van der Waals surface area contributed by atoms with E-state index in [1.54, 1.807) is 0 Å². The summed E-state index contributed by atoms with van der Waals surface area (Å²) in [7, 11) is 0. The Hall–Kier alpha value is -2.39. The Morgan fingerprint density at radius 2 is 2.04 bits per heavy atom. The maximum absolute atomic E-state index is 11.8. The minimum absolute atomic E-state index is 0.101. The number of hydrogen-bond acceptors (Lipinski definition) is 2. The van der Waals surface area contributed by atoms with Crippen LogP contribution >= 0.6 is 0 Å². The van der Waals surface area contributed by atoms with Crippen LogP contribution < -0.4 is 11.1 Å². The average Bonchev–Trinajstić information content (AvgIpc) is 2.65. The van der Waals surface area contributed by atoms with Gasteiger partial charge in [-0.3, -0.25) is 4.79 Å². The molecule has 2 aliphatic rings. The van der Waals surface area contributed by atoms with Crippen LogP contribution in [0.3, 0.4) is 0 Å². The van der Waals surface area contributed by atoms with Crippen molar-refractivity contribution in [1.29, 1.82) is 0 Å². The molecule has 3 nitrogen and oxygen atoms in total. The summed E-state index contributed by atoms with van der Waals surface area (Å²) in [4.78, 5) is 11.8. The zero-order chi connectivity index (χ0) is 17.2. The Bertz CT molecular complexity index is 893. The van der Waals surface area contributed by atoms with E-state index in [0.717, 1.165) is 25.7 Å². The van der Waals surface area contributed by atoms with Gasteiger partial charge < -0.3 is 11.1 Å². The summed E-state index contributed by atoms with van der Waals surface area (Å²) in [6.45, 7) is 1.06. The van der Waals surface area contributed by atoms with Gasteiger partial charge in [0.25, 0.3) is 0 Å². The van der Waals surface area contributed by atoms with Crippen LogP contribution in [0.15, 0.2) is 36.4 Å². The molecule has 0 spiro atoms. The van der Waals surface area contributed by atoms with Gasteiger partial charge in [-0.1, -0.05) is 42.5 Å². The molecule has 0 radical (unpaired) electrons. The molecule has 0 saturated heterocycles. The molecule has 1 amide bonds. The molecule has 2 aromatic carbocycles. The summed E-state index contributed by atoms with van der Waals surface area (Å²) in [6, 6.07) is 8.96. The highest BCUT2D eigenvalue weighted by Crippen LogP contribution is 2.41. The molecule has 2 aliphatic carbocycles. The van der Waals surface area contributed by atoms with E-state index in [9.17, 15) is 4.79 Å². The van der Waals surface area contributed by atoms with Crippen LogP contribution in [0.2, 0.25) is 0 Å². The predicted molar refractivity (Wildman–Crippen MR) is 104 cm³/mol. The van der Waals surface area contributed by atoms with Crippen molar-refractivity contribution in [2.24, 2.45) is 5.73 Å². The summed E-state index contributed by atoms with van der Waals surface area (Å²) in [5.74, 6) is 0.101. The molecule has 3 heteroatoms. The van der Waals surface area contributed by atoms with E-state index >= 15 is 0 Å². The predicted octanol–water partition coefficient (Wildman–Crippen LogP) is 3.59. The van der Waals surface area contributed by atoms with Crippen molar-refractivity contribution in [2.45, 2.75) is 32.1 Å². The van der Waals surface area contributed by atoms with E-state index < -0.39 is 0 Å². The summed E-state index contributed by atoms with van der Waals surface area (Å²) < 4.78 is 0. The highest BCUT2D eigenvalue weighted by atomic mass is 16.1. The number of amides is 1. The smallest absolute Gasteiger partial charge is 0.220 e. The number of hydrogen-bond donors (Lipinski definition) is 2. The van der Waals surface area contributed by atoms with E-state index in [1.165, 1.54) is 38.6 Å². The third kappa shape index (κ3) is 3.00. The summed E-state index contributed by atoms with van der Waals surface area (Å²) in [5, 5.41) is 5.61. The van der Waals surface area contributed by atoms with Crippen LogP contribution in [0.25, 0.3) is 22.4 Å². The fourth-order valence-electron chi connectivity index (χ4n) is 4.07. The van der Waals surface area contributed by atoms with Gasteiger partial charge in [0.05, 0.1) is 0 Å². The minimum atomic E-state index is 0.101. The first-order chi connectivity index (χ1) is 12.3. The maximum Gasteiger partial charge on any atom is 0.220 e. The van der Waals surface area contributed by atoms with Gasteiger partial charge in [0.1, 0.15) is 0 Å². The lowest BCUT2D eigenvalue weighted by molar-refractivity contribution is -0.121. The summed E-state index contributed by atoms with van der Waals surface area (Å²) in [6.07, 6.45) is 11.3. The quantitative estimate of drug-likeness (QED) is 0.849. The zero-order valence-electron chi connectivity index (χ0n) is 14.5. The zero-order valence-corrected chi connectivity index (χ0v) is 14.5. The molecule has 0 saturated carbocycles. The van der Waals surface area contributed by atoms with Gasteiger partial charge in [0.15, 0.2) is 0 Å². The molecule has 3 N–H and O–H groups in total. The molecule has 0 unspecified atom stereocenters. The standard InChI is InChI=1S/C22H24N2O/c23-13-14-24-20(25)6-2-3-15-7-8-18-10-9-16-4-1-5-17-11-12-19(15)22(18)21(16)17/h1,4,7-11H,2-3,5-6,12-14,23H2,(H,24,25). The maximum atomic E-state index is 11.8. The van der Waals surface area contributed by atoms with Crippen LogP contribution in [0.5, 0.6) is 0 Å². The molecule has 0 fully saturated rings. The van der Waals surface area contributed by atoms with Crippen LogP contribution in [0.4, 0.5) is 0 Å². The first-order valence-electron chi connectivity index (χ1n) is 9.18. The van der Waals surface area contributed by atoms with Gasteiger partial charge in [-0.2, -0.15) is 0 Å². The second kappa shape index (κ2) is 6.85. The van der Waals surface area contributed by atoms with E-state index in [-0.39, 0.29) is 5.91 Å². The van der Waals surface area contributed by atoms with Crippen LogP contribution in [0.1, 0.15) is 41.5 Å². The number of carbonyl (C=O) groups excluding carboxylic acids is 1. The van der Waals surface area contributed by atoms with Crippen LogP contribution in [-0.4, -0.2) is 19.0 Å². The molecule has 4 rings (SSSR count). The lowest BCUT2D eigenvalue weighted by atomic mass is 9.79. The number of benzene rings is 2. The average molecular weight is 332 g/mol. The topological polar surface area (TPSA) is 55.1 Å². The highest BCUT2D eigenvalue weighted by molar-refractivity contribution is 6.03. The molecule has 0 heterocycles. The summed E-state index contributed by atoms with van der Waals surface area (Å²) >= 11 is 0. The first kappa shape index (κ1) is 16.1. The fourth-order valence-corrected chi connectivity index (χ4v) is 4.07. The lowest BCUT2D eigenvalue weighted by Crippen LogP contribution is -2.28. The van der Waals surface area contributed by atoms with Gasteiger partial charge in [-0.25, -0.2) is 0 Å².